The maximum absolute atomic E-state index is 6.04. The summed E-state index contributed by atoms with van der Waals surface area (Å²) in [7, 11) is 1.69. The molecule has 0 saturated heterocycles. The molecule has 1 aromatic carbocycles. The number of nitrogens with zero attached hydrogens (tertiary/aromatic N) is 1. The topological polar surface area (TPSA) is 61.3 Å². The van der Waals surface area contributed by atoms with Gasteiger partial charge in [-0.05, 0) is 31.4 Å². The molecule has 4 nitrogen and oxygen atoms in total. The molecule has 2 rings (SSSR count). The molecule has 92 valence electrons. The largest absolute Gasteiger partial charge is 0.439 e. The zero-order valence-electron chi connectivity index (χ0n) is 10.3. The first-order valence-electron chi connectivity index (χ1n) is 5.83. The Kier molecular flexibility index (Phi) is 3.76. The molecule has 0 aliphatic rings. The van der Waals surface area contributed by atoms with E-state index in [1.54, 1.807) is 7.11 Å². The highest BCUT2D eigenvalue weighted by molar-refractivity contribution is 5.76. The van der Waals surface area contributed by atoms with Crippen LogP contribution in [0.5, 0.6) is 0 Å². The van der Waals surface area contributed by atoms with Crippen LogP contribution in [0.1, 0.15) is 30.3 Å². The standard InChI is InChI=1S/C13H18N2O2/c1-9-5-3-7-11-12(9)15-13(17-11)10(14)6-4-8-16-2/h3,5,7,10H,4,6,8,14H2,1-2H3. The van der Waals surface area contributed by atoms with Crippen LogP contribution in [-0.4, -0.2) is 18.7 Å². The summed E-state index contributed by atoms with van der Waals surface area (Å²) >= 11 is 0. The normalized spacial score (nSPS) is 13.1. The third-order valence-corrected chi connectivity index (χ3v) is 2.82. The summed E-state index contributed by atoms with van der Waals surface area (Å²) in [4.78, 5) is 4.46. The first-order chi connectivity index (χ1) is 8.22. The monoisotopic (exact) mass is 234 g/mol. The Balaban J connectivity index is 2.16. The molecular formula is C13H18N2O2. The fraction of sp³-hybridized carbons (Fsp3) is 0.462. The van der Waals surface area contributed by atoms with Crippen molar-refractivity contribution in [2.24, 2.45) is 5.73 Å². The van der Waals surface area contributed by atoms with Crippen molar-refractivity contribution in [1.29, 1.82) is 0 Å². The van der Waals surface area contributed by atoms with Crippen LogP contribution in [0, 0.1) is 6.92 Å². The van der Waals surface area contributed by atoms with E-state index in [0.717, 1.165) is 29.5 Å². The molecule has 1 unspecified atom stereocenters. The Morgan fingerprint density at radius 1 is 1.47 bits per heavy atom. The van der Waals surface area contributed by atoms with Gasteiger partial charge in [0.1, 0.15) is 5.52 Å². The van der Waals surface area contributed by atoms with Crippen molar-refractivity contribution < 1.29 is 9.15 Å². The summed E-state index contributed by atoms with van der Waals surface area (Å²) < 4.78 is 10.7. The van der Waals surface area contributed by atoms with E-state index in [1.165, 1.54) is 0 Å². The number of rotatable bonds is 5. The van der Waals surface area contributed by atoms with Crippen LogP contribution < -0.4 is 5.73 Å². The van der Waals surface area contributed by atoms with Crippen LogP contribution in [0.15, 0.2) is 22.6 Å². The summed E-state index contributed by atoms with van der Waals surface area (Å²) in [6.45, 7) is 2.73. The lowest BCUT2D eigenvalue weighted by molar-refractivity contribution is 0.189. The van der Waals surface area contributed by atoms with Crippen LogP contribution in [-0.2, 0) is 4.74 Å². The molecule has 1 aromatic heterocycles. The average molecular weight is 234 g/mol. The molecule has 0 radical (unpaired) electrons. The van der Waals surface area contributed by atoms with E-state index in [2.05, 4.69) is 4.98 Å². The molecule has 0 bridgehead atoms. The van der Waals surface area contributed by atoms with Gasteiger partial charge < -0.3 is 14.9 Å². The number of benzene rings is 1. The number of hydrogen-bond donors (Lipinski definition) is 1. The number of para-hydroxylation sites is 1. The van der Waals surface area contributed by atoms with E-state index in [4.69, 9.17) is 14.9 Å². The molecule has 0 amide bonds. The second kappa shape index (κ2) is 5.29. The van der Waals surface area contributed by atoms with E-state index >= 15 is 0 Å². The van der Waals surface area contributed by atoms with Crippen LogP contribution in [0.25, 0.3) is 11.1 Å². The van der Waals surface area contributed by atoms with Crippen molar-refractivity contribution in [3.63, 3.8) is 0 Å². The predicted octanol–water partition coefficient (Wildman–Crippen LogP) is 2.56. The van der Waals surface area contributed by atoms with Gasteiger partial charge in [-0.1, -0.05) is 12.1 Å². The molecule has 0 aliphatic carbocycles. The van der Waals surface area contributed by atoms with Gasteiger partial charge in [-0.2, -0.15) is 0 Å². The molecule has 0 spiro atoms. The number of aromatic nitrogens is 1. The summed E-state index contributed by atoms with van der Waals surface area (Å²) in [6.07, 6.45) is 1.73. The minimum atomic E-state index is -0.156. The van der Waals surface area contributed by atoms with Gasteiger partial charge in [0.25, 0.3) is 0 Å². The third-order valence-electron chi connectivity index (χ3n) is 2.82. The SMILES string of the molecule is COCCCC(N)c1nc2c(C)cccc2o1. The van der Waals surface area contributed by atoms with Crippen molar-refractivity contribution in [2.75, 3.05) is 13.7 Å². The van der Waals surface area contributed by atoms with Crippen molar-refractivity contribution in [3.8, 4) is 0 Å². The fourth-order valence-corrected chi connectivity index (χ4v) is 1.83. The smallest absolute Gasteiger partial charge is 0.212 e. The Hall–Kier alpha value is -1.39. The Morgan fingerprint density at radius 3 is 3.00 bits per heavy atom. The second-order valence-electron chi connectivity index (χ2n) is 4.22. The third kappa shape index (κ3) is 2.65. The molecule has 1 atom stereocenters. The maximum atomic E-state index is 6.04. The minimum absolute atomic E-state index is 0.156. The molecule has 2 N–H and O–H groups in total. The summed E-state index contributed by atoms with van der Waals surface area (Å²) in [5.74, 6) is 0.616. The van der Waals surface area contributed by atoms with Crippen molar-refractivity contribution in [1.82, 2.24) is 4.98 Å². The highest BCUT2D eigenvalue weighted by atomic mass is 16.5. The molecule has 0 aliphatic heterocycles. The number of ether oxygens (including phenoxy) is 1. The van der Waals surface area contributed by atoms with Gasteiger partial charge in [-0.15, -0.1) is 0 Å². The zero-order chi connectivity index (χ0) is 12.3. The first-order valence-corrected chi connectivity index (χ1v) is 5.83. The van der Waals surface area contributed by atoms with Crippen molar-refractivity contribution >= 4 is 11.1 Å². The Morgan fingerprint density at radius 2 is 2.29 bits per heavy atom. The molecule has 0 saturated carbocycles. The number of hydrogen-bond acceptors (Lipinski definition) is 4. The van der Waals surface area contributed by atoms with Crippen molar-refractivity contribution in [2.45, 2.75) is 25.8 Å². The van der Waals surface area contributed by atoms with Gasteiger partial charge in [0, 0.05) is 13.7 Å². The fourth-order valence-electron chi connectivity index (χ4n) is 1.83. The molecular weight excluding hydrogens is 216 g/mol. The zero-order valence-corrected chi connectivity index (χ0v) is 10.3. The Bertz CT molecular complexity index is 493. The summed E-state index contributed by atoms with van der Waals surface area (Å²) in [5, 5.41) is 0. The minimum Gasteiger partial charge on any atom is -0.439 e. The lowest BCUT2D eigenvalue weighted by Crippen LogP contribution is -2.11. The molecule has 2 aromatic rings. The van der Waals surface area contributed by atoms with E-state index in [9.17, 15) is 0 Å². The number of aryl methyl sites for hydroxylation is 1. The number of methoxy groups -OCH3 is 1. The van der Waals surface area contributed by atoms with E-state index in [0.29, 0.717) is 12.5 Å². The van der Waals surface area contributed by atoms with Gasteiger partial charge in [0.2, 0.25) is 5.89 Å². The summed E-state index contributed by atoms with van der Waals surface area (Å²) in [5.41, 5.74) is 8.87. The highest BCUT2D eigenvalue weighted by Gasteiger charge is 2.14. The van der Waals surface area contributed by atoms with Crippen LogP contribution in [0.3, 0.4) is 0 Å². The van der Waals surface area contributed by atoms with Gasteiger partial charge in [-0.3, -0.25) is 0 Å². The van der Waals surface area contributed by atoms with Gasteiger partial charge in [0.05, 0.1) is 6.04 Å². The predicted molar refractivity (Wildman–Crippen MR) is 66.8 cm³/mol. The van der Waals surface area contributed by atoms with E-state index < -0.39 is 0 Å². The van der Waals surface area contributed by atoms with Crippen LogP contribution in [0.4, 0.5) is 0 Å². The lowest BCUT2D eigenvalue weighted by Gasteiger charge is -2.05. The van der Waals surface area contributed by atoms with Gasteiger partial charge in [-0.25, -0.2) is 4.98 Å². The first kappa shape index (κ1) is 12.1. The van der Waals surface area contributed by atoms with Crippen molar-refractivity contribution in [3.05, 3.63) is 29.7 Å². The number of nitrogens with two attached hydrogens (primary N) is 1. The van der Waals surface area contributed by atoms with E-state index in [1.807, 2.05) is 25.1 Å². The maximum Gasteiger partial charge on any atom is 0.212 e. The second-order valence-corrected chi connectivity index (χ2v) is 4.22. The summed E-state index contributed by atoms with van der Waals surface area (Å²) in [6, 6.07) is 5.74. The average Bonchev–Trinajstić information content (AvgIpc) is 2.75. The Labute approximate surface area is 101 Å². The van der Waals surface area contributed by atoms with Crippen LogP contribution >= 0.6 is 0 Å². The molecule has 0 fully saturated rings. The van der Waals surface area contributed by atoms with E-state index in [-0.39, 0.29) is 6.04 Å². The lowest BCUT2D eigenvalue weighted by atomic mass is 10.2. The number of fused-ring (bicyclic) bond motifs is 1. The number of oxazole rings is 1. The molecule has 17 heavy (non-hydrogen) atoms. The molecule has 4 heteroatoms. The highest BCUT2D eigenvalue weighted by Crippen LogP contribution is 2.23. The van der Waals surface area contributed by atoms with Crippen LogP contribution in [0.2, 0.25) is 0 Å². The molecule has 1 heterocycles. The quantitative estimate of drug-likeness (QED) is 0.808. The van der Waals surface area contributed by atoms with Gasteiger partial charge >= 0.3 is 0 Å². The van der Waals surface area contributed by atoms with Gasteiger partial charge in [0.15, 0.2) is 5.58 Å².